The molecule has 1 aromatic carbocycles. The van der Waals surface area contributed by atoms with Crippen molar-refractivity contribution in [3.8, 4) is 0 Å². The third-order valence-electron chi connectivity index (χ3n) is 1.71. The van der Waals surface area contributed by atoms with Crippen molar-refractivity contribution >= 4 is 23.2 Å². The fourth-order valence-electron chi connectivity index (χ4n) is 1.06. The molecule has 0 saturated carbocycles. The van der Waals surface area contributed by atoms with Gasteiger partial charge in [0.05, 0.1) is 6.10 Å². The standard InChI is InChI=1S/C10H10Cl2O/c1-2-3-10(13)8-5-4-7(11)6-9(8)12/h2,4-6,10,13H,1,3H2/t10-/m1/s1. The van der Waals surface area contributed by atoms with Gasteiger partial charge in [-0.25, -0.2) is 0 Å². The first kappa shape index (κ1) is 10.6. The smallest absolute Gasteiger partial charge is 0.0838 e. The third kappa shape index (κ3) is 2.73. The van der Waals surface area contributed by atoms with E-state index in [9.17, 15) is 5.11 Å². The number of benzene rings is 1. The molecule has 0 amide bonds. The molecule has 0 bridgehead atoms. The fraction of sp³-hybridized carbons (Fsp3) is 0.200. The largest absolute Gasteiger partial charge is 0.388 e. The van der Waals surface area contributed by atoms with Gasteiger partial charge < -0.3 is 5.11 Å². The maximum absolute atomic E-state index is 9.59. The first-order valence-electron chi connectivity index (χ1n) is 3.89. The molecule has 0 aliphatic carbocycles. The Morgan fingerprint density at radius 2 is 2.15 bits per heavy atom. The van der Waals surface area contributed by atoms with E-state index in [0.717, 1.165) is 0 Å². The zero-order valence-electron chi connectivity index (χ0n) is 7.00. The van der Waals surface area contributed by atoms with Crippen LogP contribution >= 0.6 is 23.2 Å². The molecule has 0 aliphatic heterocycles. The molecule has 0 aliphatic rings. The molecule has 0 unspecified atom stereocenters. The predicted molar refractivity (Wildman–Crippen MR) is 56.2 cm³/mol. The van der Waals surface area contributed by atoms with Gasteiger partial charge in [0.2, 0.25) is 0 Å². The second kappa shape index (κ2) is 4.66. The Kier molecular flexibility index (Phi) is 3.79. The number of rotatable bonds is 3. The van der Waals surface area contributed by atoms with Crippen LogP contribution in [0.4, 0.5) is 0 Å². The number of aliphatic hydroxyl groups excluding tert-OH is 1. The molecular formula is C10H10Cl2O. The molecule has 0 radical (unpaired) electrons. The van der Waals surface area contributed by atoms with Gasteiger partial charge in [-0.1, -0.05) is 35.3 Å². The van der Waals surface area contributed by atoms with E-state index in [1.807, 2.05) is 0 Å². The summed E-state index contributed by atoms with van der Waals surface area (Å²) >= 11 is 11.6. The van der Waals surface area contributed by atoms with Crippen LogP contribution in [0.3, 0.4) is 0 Å². The van der Waals surface area contributed by atoms with Crippen molar-refractivity contribution < 1.29 is 5.11 Å². The van der Waals surface area contributed by atoms with Gasteiger partial charge in [0.25, 0.3) is 0 Å². The van der Waals surface area contributed by atoms with Gasteiger partial charge in [0, 0.05) is 10.0 Å². The number of aliphatic hydroxyl groups is 1. The van der Waals surface area contributed by atoms with Crippen molar-refractivity contribution in [3.63, 3.8) is 0 Å². The zero-order valence-corrected chi connectivity index (χ0v) is 8.52. The number of hydrogen-bond donors (Lipinski definition) is 1. The van der Waals surface area contributed by atoms with Crippen LogP contribution in [0, 0.1) is 0 Å². The first-order chi connectivity index (χ1) is 6.15. The SMILES string of the molecule is C=CC[C@@H](O)c1ccc(Cl)cc1Cl. The van der Waals surface area contributed by atoms with Gasteiger partial charge in [-0.3, -0.25) is 0 Å². The molecule has 0 spiro atoms. The van der Waals surface area contributed by atoms with Crippen molar-refractivity contribution in [2.24, 2.45) is 0 Å². The van der Waals surface area contributed by atoms with Crippen molar-refractivity contribution in [1.82, 2.24) is 0 Å². The summed E-state index contributed by atoms with van der Waals surface area (Å²) in [5, 5.41) is 10.7. The van der Waals surface area contributed by atoms with Crippen molar-refractivity contribution in [2.45, 2.75) is 12.5 Å². The molecule has 1 N–H and O–H groups in total. The molecule has 0 heterocycles. The summed E-state index contributed by atoms with van der Waals surface area (Å²) in [5.74, 6) is 0. The third-order valence-corrected chi connectivity index (χ3v) is 2.27. The Morgan fingerprint density at radius 3 is 2.69 bits per heavy atom. The minimum Gasteiger partial charge on any atom is -0.388 e. The van der Waals surface area contributed by atoms with Gasteiger partial charge in [-0.2, -0.15) is 0 Å². The average molecular weight is 217 g/mol. The van der Waals surface area contributed by atoms with Gasteiger partial charge in [0.15, 0.2) is 0 Å². The highest BCUT2D eigenvalue weighted by Gasteiger charge is 2.09. The minimum atomic E-state index is -0.595. The Bertz CT molecular complexity index is 310. The lowest BCUT2D eigenvalue weighted by molar-refractivity contribution is 0.182. The Labute approximate surface area is 87.6 Å². The fourth-order valence-corrected chi connectivity index (χ4v) is 1.59. The quantitative estimate of drug-likeness (QED) is 0.767. The summed E-state index contributed by atoms with van der Waals surface area (Å²) < 4.78 is 0. The molecule has 13 heavy (non-hydrogen) atoms. The summed E-state index contributed by atoms with van der Waals surface area (Å²) in [6, 6.07) is 5.04. The maximum atomic E-state index is 9.59. The van der Waals surface area contributed by atoms with Crippen LogP contribution in [0.5, 0.6) is 0 Å². The second-order valence-electron chi connectivity index (χ2n) is 2.71. The molecule has 1 aromatic rings. The number of halogens is 2. The highest BCUT2D eigenvalue weighted by molar-refractivity contribution is 6.35. The molecular weight excluding hydrogens is 207 g/mol. The van der Waals surface area contributed by atoms with Crippen LogP contribution in [0.1, 0.15) is 18.1 Å². The minimum absolute atomic E-state index is 0.487. The Balaban J connectivity index is 2.94. The van der Waals surface area contributed by atoms with E-state index in [0.29, 0.717) is 22.0 Å². The number of hydrogen-bond acceptors (Lipinski definition) is 1. The van der Waals surface area contributed by atoms with Crippen molar-refractivity contribution in [1.29, 1.82) is 0 Å². The summed E-state index contributed by atoms with van der Waals surface area (Å²) in [5.41, 5.74) is 0.686. The van der Waals surface area contributed by atoms with Crippen LogP contribution in [0.2, 0.25) is 10.0 Å². The zero-order chi connectivity index (χ0) is 9.84. The molecule has 1 atom stereocenters. The topological polar surface area (TPSA) is 20.2 Å². The molecule has 1 rings (SSSR count). The lowest BCUT2D eigenvalue weighted by Gasteiger charge is -2.10. The van der Waals surface area contributed by atoms with E-state index in [4.69, 9.17) is 23.2 Å². The summed E-state index contributed by atoms with van der Waals surface area (Å²) in [4.78, 5) is 0. The summed E-state index contributed by atoms with van der Waals surface area (Å²) in [6.45, 7) is 3.54. The molecule has 70 valence electrons. The van der Waals surface area contributed by atoms with Crippen molar-refractivity contribution in [2.75, 3.05) is 0 Å². The van der Waals surface area contributed by atoms with Crippen LogP contribution < -0.4 is 0 Å². The molecule has 0 fully saturated rings. The van der Waals surface area contributed by atoms with E-state index in [1.54, 1.807) is 24.3 Å². The molecule has 3 heteroatoms. The monoisotopic (exact) mass is 216 g/mol. The maximum Gasteiger partial charge on any atom is 0.0838 e. The Morgan fingerprint density at radius 1 is 1.46 bits per heavy atom. The highest BCUT2D eigenvalue weighted by Crippen LogP contribution is 2.27. The molecule has 1 nitrogen and oxygen atoms in total. The van der Waals surface area contributed by atoms with Gasteiger partial charge in [-0.15, -0.1) is 6.58 Å². The van der Waals surface area contributed by atoms with Gasteiger partial charge in [-0.05, 0) is 24.1 Å². The van der Waals surface area contributed by atoms with E-state index < -0.39 is 6.10 Å². The lowest BCUT2D eigenvalue weighted by atomic mass is 10.1. The van der Waals surface area contributed by atoms with Crippen LogP contribution in [0.25, 0.3) is 0 Å². The van der Waals surface area contributed by atoms with Gasteiger partial charge >= 0.3 is 0 Å². The van der Waals surface area contributed by atoms with Crippen LogP contribution in [-0.4, -0.2) is 5.11 Å². The van der Waals surface area contributed by atoms with E-state index in [1.165, 1.54) is 0 Å². The van der Waals surface area contributed by atoms with E-state index in [-0.39, 0.29) is 0 Å². The molecule has 0 saturated heterocycles. The molecule has 0 aromatic heterocycles. The van der Waals surface area contributed by atoms with Crippen LogP contribution in [0.15, 0.2) is 30.9 Å². The summed E-state index contributed by atoms with van der Waals surface area (Å²) in [6.07, 6.45) is 1.54. The second-order valence-corrected chi connectivity index (χ2v) is 3.55. The van der Waals surface area contributed by atoms with E-state index >= 15 is 0 Å². The van der Waals surface area contributed by atoms with Crippen molar-refractivity contribution in [3.05, 3.63) is 46.5 Å². The van der Waals surface area contributed by atoms with Gasteiger partial charge in [0.1, 0.15) is 0 Å². The first-order valence-corrected chi connectivity index (χ1v) is 4.64. The Hall–Kier alpha value is -0.500. The normalized spacial score (nSPS) is 12.5. The highest BCUT2D eigenvalue weighted by atomic mass is 35.5. The van der Waals surface area contributed by atoms with E-state index in [2.05, 4.69) is 6.58 Å². The van der Waals surface area contributed by atoms with Crippen LogP contribution in [-0.2, 0) is 0 Å². The summed E-state index contributed by atoms with van der Waals surface area (Å²) in [7, 11) is 0. The average Bonchev–Trinajstić information content (AvgIpc) is 2.04. The predicted octanol–water partition coefficient (Wildman–Crippen LogP) is 3.60. The lowest BCUT2D eigenvalue weighted by Crippen LogP contribution is -1.96.